The quantitative estimate of drug-likeness (QED) is 0.839. The summed E-state index contributed by atoms with van der Waals surface area (Å²) >= 11 is 3.24. The second-order valence-electron chi connectivity index (χ2n) is 4.58. The molecule has 1 saturated heterocycles. The molecule has 0 aliphatic carbocycles. The number of amides is 1. The van der Waals surface area contributed by atoms with Gasteiger partial charge < -0.3 is 24.2 Å². The molecular weight excluding hydrogens is 358 g/mol. The summed E-state index contributed by atoms with van der Waals surface area (Å²) in [5.41, 5.74) is 0.0654. The normalized spacial score (nSPS) is 14.5. The van der Waals surface area contributed by atoms with Crippen LogP contribution in [0.1, 0.15) is 10.4 Å². The lowest BCUT2D eigenvalue weighted by Crippen LogP contribution is -2.43. The molecule has 7 nitrogen and oxygen atoms in total. The number of morpholine rings is 1. The predicted molar refractivity (Wildman–Crippen MR) is 80.5 cm³/mol. The Balaban J connectivity index is 2.08. The lowest BCUT2D eigenvalue weighted by molar-refractivity contribution is -0.137. The first kappa shape index (κ1) is 16.6. The number of carbonyl (C=O) groups excluding carboxylic acids is 1. The zero-order valence-corrected chi connectivity index (χ0v) is 13.6. The van der Waals surface area contributed by atoms with Gasteiger partial charge in [-0.25, -0.2) is 4.79 Å². The molecule has 0 aromatic heterocycles. The fraction of sp³-hybridized carbons (Fsp3) is 0.429. The van der Waals surface area contributed by atoms with Crippen molar-refractivity contribution in [1.82, 2.24) is 4.90 Å². The summed E-state index contributed by atoms with van der Waals surface area (Å²) in [6, 6.07) is 2.75. The van der Waals surface area contributed by atoms with Crippen LogP contribution in [0, 0.1) is 0 Å². The summed E-state index contributed by atoms with van der Waals surface area (Å²) in [7, 11) is 1.41. The topological polar surface area (TPSA) is 85.3 Å². The molecule has 0 unspecified atom stereocenters. The molecule has 1 fully saturated rings. The Morgan fingerprint density at radius 3 is 2.64 bits per heavy atom. The van der Waals surface area contributed by atoms with Crippen LogP contribution in [0.25, 0.3) is 0 Å². The van der Waals surface area contributed by atoms with Gasteiger partial charge in [-0.05, 0) is 28.1 Å². The van der Waals surface area contributed by atoms with Crippen molar-refractivity contribution in [2.24, 2.45) is 0 Å². The van der Waals surface area contributed by atoms with Gasteiger partial charge in [0.25, 0.3) is 5.91 Å². The van der Waals surface area contributed by atoms with Crippen molar-refractivity contribution < 1.29 is 28.9 Å². The highest BCUT2D eigenvalue weighted by Gasteiger charge is 2.20. The minimum absolute atomic E-state index is 0.0654. The Labute approximate surface area is 135 Å². The lowest BCUT2D eigenvalue weighted by atomic mass is 10.2. The number of nitrogens with zero attached hydrogens (tertiary/aromatic N) is 1. The summed E-state index contributed by atoms with van der Waals surface area (Å²) in [4.78, 5) is 24.7. The van der Waals surface area contributed by atoms with Crippen molar-refractivity contribution in [3.8, 4) is 11.5 Å². The standard InChI is InChI=1S/C14H16BrNO6/c1-20-11-7-9(14(18)19)6-10(15)13(11)22-8-12(17)16-2-4-21-5-3-16/h6-7H,2-5,8H2,1H3,(H,18,19). The van der Waals surface area contributed by atoms with Gasteiger partial charge in [0.15, 0.2) is 18.1 Å². The number of carboxylic acids is 1. The van der Waals surface area contributed by atoms with Crippen molar-refractivity contribution in [1.29, 1.82) is 0 Å². The van der Waals surface area contributed by atoms with Crippen LogP contribution < -0.4 is 9.47 Å². The molecule has 0 spiro atoms. The van der Waals surface area contributed by atoms with Crippen molar-refractivity contribution in [2.75, 3.05) is 40.0 Å². The molecule has 1 aromatic carbocycles. The molecule has 0 bridgehead atoms. The van der Waals surface area contributed by atoms with Crippen LogP contribution in [0.2, 0.25) is 0 Å². The first-order valence-corrected chi connectivity index (χ1v) is 7.41. The summed E-state index contributed by atoms with van der Waals surface area (Å²) < 4.78 is 16.2. The molecule has 1 aliphatic rings. The number of halogens is 1. The lowest BCUT2D eigenvalue weighted by Gasteiger charge is -2.26. The molecule has 1 aliphatic heterocycles. The zero-order valence-electron chi connectivity index (χ0n) is 12.0. The van der Waals surface area contributed by atoms with E-state index in [1.807, 2.05) is 0 Å². The fourth-order valence-electron chi connectivity index (χ4n) is 2.02. The number of methoxy groups -OCH3 is 1. The van der Waals surface area contributed by atoms with Crippen LogP contribution in [0.4, 0.5) is 0 Å². The molecule has 0 radical (unpaired) electrons. The van der Waals surface area contributed by atoms with Crippen molar-refractivity contribution in [3.63, 3.8) is 0 Å². The first-order chi connectivity index (χ1) is 10.5. The maximum atomic E-state index is 12.1. The number of aromatic carboxylic acids is 1. The Kier molecular flexibility index (Phi) is 5.62. The van der Waals surface area contributed by atoms with Crippen molar-refractivity contribution >= 4 is 27.8 Å². The predicted octanol–water partition coefficient (Wildman–Crippen LogP) is 1.39. The van der Waals surface area contributed by atoms with E-state index in [2.05, 4.69) is 15.9 Å². The molecule has 1 N–H and O–H groups in total. The molecular formula is C14H16BrNO6. The maximum absolute atomic E-state index is 12.1. The first-order valence-electron chi connectivity index (χ1n) is 6.62. The highest BCUT2D eigenvalue weighted by atomic mass is 79.9. The van der Waals surface area contributed by atoms with Gasteiger partial charge in [-0.3, -0.25) is 4.79 Å². The Morgan fingerprint density at radius 2 is 2.05 bits per heavy atom. The number of benzene rings is 1. The summed E-state index contributed by atoms with van der Waals surface area (Å²) in [5.74, 6) is -0.676. The minimum atomic E-state index is -1.07. The van der Waals surface area contributed by atoms with Crippen LogP contribution in [0.3, 0.4) is 0 Å². The minimum Gasteiger partial charge on any atom is -0.493 e. The van der Waals surface area contributed by atoms with Gasteiger partial charge in [-0.15, -0.1) is 0 Å². The van der Waals surface area contributed by atoms with Gasteiger partial charge in [0.05, 0.1) is 30.4 Å². The summed E-state index contributed by atoms with van der Waals surface area (Å²) in [6.07, 6.45) is 0. The molecule has 0 saturated carbocycles. The Bertz CT molecular complexity index is 571. The van der Waals surface area contributed by atoms with Crippen molar-refractivity contribution in [3.05, 3.63) is 22.2 Å². The van der Waals surface area contributed by atoms with E-state index >= 15 is 0 Å². The van der Waals surface area contributed by atoms with E-state index in [9.17, 15) is 9.59 Å². The van der Waals surface area contributed by atoms with E-state index in [0.29, 0.717) is 36.5 Å². The summed E-state index contributed by atoms with van der Waals surface area (Å²) in [5, 5.41) is 9.02. The van der Waals surface area contributed by atoms with E-state index in [4.69, 9.17) is 19.3 Å². The van der Waals surface area contributed by atoms with Gasteiger partial charge in [-0.1, -0.05) is 0 Å². The van der Waals surface area contributed by atoms with E-state index in [0.717, 1.165) is 0 Å². The van der Waals surface area contributed by atoms with Crippen LogP contribution in [0.5, 0.6) is 11.5 Å². The molecule has 2 rings (SSSR count). The SMILES string of the molecule is COc1cc(C(=O)O)cc(Br)c1OCC(=O)N1CCOCC1. The Hall–Kier alpha value is -1.80. The Morgan fingerprint density at radius 1 is 1.36 bits per heavy atom. The van der Waals surface area contributed by atoms with Crippen LogP contribution in [0.15, 0.2) is 16.6 Å². The van der Waals surface area contributed by atoms with Gasteiger partial charge in [-0.2, -0.15) is 0 Å². The maximum Gasteiger partial charge on any atom is 0.335 e. The smallest absolute Gasteiger partial charge is 0.335 e. The second kappa shape index (κ2) is 7.46. The number of hydrogen-bond acceptors (Lipinski definition) is 5. The number of rotatable bonds is 5. The molecule has 8 heteroatoms. The second-order valence-corrected chi connectivity index (χ2v) is 5.43. The van der Waals surface area contributed by atoms with Gasteiger partial charge >= 0.3 is 5.97 Å². The third-order valence-electron chi connectivity index (χ3n) is 3.18. The van der Waals surface area contributed by atoms with Crippen molar-refractivity contribution in [2.45, 2.75) is 0 Å². The van der Waals surface area contributed by atoms with Gasteiger partial charge in [0.1, 0.15) is 0 Å². The number of carbonyl (C=O) groups is 2. The zero-order chi connectivity index (χ0) is 16.1. The molecule has 0 atom stereocenters. The monoisotopic (exact) mass is 373 g/mol. The third kappa shape index (κ3) is 3.89. The van der Waals surface area contributed by atoms with Gasteiger partial charge in [0.2, 0.25) is 0 Å². The summed E-state index contributed by atoms with van der Waals surface area (Å²) in [6.45, 7) is 1.97. The van der Waals surface area contributed by atoms with Gasteiger partial charge in [0, 0.05) is 13.1 Å². The van der Waals surface area contributed by atoms with Crippen LogP contribution in [-0.2, 0) is 9.53 Å². The average Bonchev–Trinajstić information content (AvgIpc) is 2.53. The average molecular weight is 374 g/mol. The van der Waals surface area contributed by atoms with Crippen LogP contribution >= 0.6 is 15.9 Å². The van der Waals surface area contributed by atoms with Crippen LogP contribution in [-0.4, -0.2) is 61.9 Å². The van der Waals surface area contributed by atoms with E-state index in [-0.39, 0.29) is 23.8 Å². The molecule has 1 aromatic rings. The van der Waals surface area contributed by atoms with E-state index < -0.39 is 5.97 Å². The highest BCUT2D eigenvalue weighted by molar-refractivity contribution is 9.10. The number of ether oxygens (including phenoxy) is 3. The molecule has 22 heavy (non-hydrogen) atoms. The third-order valence-corrected chi connectivity index (χ3v) is 3.77. The molecule has 120 valence electrons. The fourth-order valence-corrected chi connectivity index (χ4v) is 2.58. The largest absolute Gasteiger partial charge is 0.493 e. The molecule has 1 amide bonds. The van der Waals surface area contributed by atoms with E-state index in [1.165, 1.54) is 19.2 Å². The van der Waals surface area contributed by atoms with E-state index in [1.54, 1.807) is 4.90 Å². The highest BCUT2D eigenvalue weighted by Crippen LogP contribution is 2.36. The number of hydrogen-bond donors (Lipinski definition) is 1. The number of carboxylic acid groups (broad SMARTS) is 1. The molecule has 1 heterocycles.